The Morgan fingerprint density at radius 3 is 2.87 bits per heavy atom. The first-order valence-corrected chi connectivity index (χ1v) is 9.25. The summed E-state index contributed by atoms with van der Waals surface area (Å²) in [5, 5.41) is 3.57. The van der Waals surface area contributed by atoms with Gasteiger partial charge in [0.25, 0.3) is 5.91 Å². The summed E-state index contributed by atoms with van der Waals surface area (Å²) in [5.74, 6) is 1.64. The maximum Gasteiger partial charge on any atom is 0.251 e. The molecule has 23 heavy (non-hydrogen) atoms. The van der Waals surface area contributed by atoms with E-state index in [4.69, 9.17) is 10.5 Å². The van der Waals surface area contributed by atoms with E-state index in [2.05, 4.69) is 5.32 Å². The summed E-state index contributed by atoms with van der Waals surface area (Å²) in [7, 11) is 0. The first kappa shape index (κ1) is 15.1. The predicted octanol–water partition coefficient (Wildman–Crippen LogP) is 2.68. The summed E-state index contributed by atoms with van der Waals surface area (Å²) >= 11 is 1.43. The van der Waals surface area contributed by atoms with Gasteiger partial charge in [0.1, 0.15) is 5.00 Å². The van der Waals surface area contributed by atoms with Crippen LogP contribution in [0.5, 0.6) is 0 Å². The summed E-state index contributed by atoms with van der Waals surface area (Å²) in [6.45, 7) is 1.10. The summed E-state index contributed by atoms with van der Waals surface area (Å²) in [4.78, 5) is 25.3. The lowest BCUT2D eigenvalue weighted by Crippen LogP contribution is -2.22. The largest absolute Gasteiger partial charge is 0.376 e. The van der Waals surface area contributed by atoms with Crippen LogP contribution in [0.1, 0.15) is 52.9 Å². The van der Waals surface area contributed by atoms with Gasteiger partial charge in [-0.05, 0) is 49.0 Å². The Bertz CT molecular complexity index is 655. The Kier molecular flexibility index (Phi) is 3.89. The number of hydrogen-bond acceptors (Lipinski definition) is 4. The summed E-state index contributed by atoms with van der Waals surface area (Å²) in [5.41, 5.74) is 7.00. The molecule has 1 aromatic heterocycles. The average molecular weight is 334 g/mol. The van der Waals surface area contributed by atoms with Crippen LogP contribution in [0.25, 0.3) is 0 Å². The lowest BCUT2D eigenvalue weighted by atomic mass is 9.86. The highest BCUT2D eigenvalue weighted by molar-refractivity contribution is 7.17. The number of fused-ring (bicyclic) bond motifs is 3. The molecule has 2 bridgehead atoms. The summed E-state index contributed by atoms with van der Waals surface area (Å²) in [6.07, 6.45) is 6.36. The van der Waals surface area contributed by atoms with E-state index in [1.54, 1.807) is 0 Å². The molecular weight excluding hydrogens is 312 g/mol. The number of nitrogens with one attached hydrogen (secondary N) is 1. The molecule has 2 amide bonds. The molecule has 6 heteroatoms. The molecule has 3 unspecified atom stereocenters. The first-order valence-electron chi connectivity index (χ1n) is 8.43. The molecular formula is C17H22N2O3S. The van der Waals surface area contributed by atoms with Crippen molar-refractivity contribution in [2.24, 2.45) is 23.5 Å². The second-order valence-corrected chi connectivity index (χ2v) is 8.17. The molecule has 0 radical (unpaired) electrons. The molecule has 0 saturated heterocycles. The average Bonchev–Trinajstić information content (AvgIpc) is 3.19. The van der Waals surface area contributed by atoms with Crippen LogP contribution >= 0.6 is 11.3 Å². The molecule has 2 heterocycles. The van der Waals surface area contributed by atoms with Gasteiger partial charge in [0.05, 0.1) is 18.8 Å². The van der Waals surface area contributed by atoms with Gasteiger partial charge < -0.3 is 15.8 Å². The molecule has 124 valence electrons. The summed E-state index contributed by atoms with van der Waals surface area (Å²) in [6, 6.07) is 0. The molecule has 3 N–H and O–H groups in total. The number of carbonyl (C=O) groups is 2. The van der Waals surface area contributed by atoms with E-state index in [9.17, 15) is 9.59 Å². The number of ether oxygens (including phenoxy) is 1. The maximum atomic E-state index is 12.4. The van der Waals surface area contributed by atoms with Crippen LogP contribution in [0, 0.1) is 17.8 Å². The molecule has 2 fully saturated rings. The van der Waals surface area contributed by atoms with Crippen molar-refractivity contribution in [3.63, 3.8) is 0 Å². The van der Waals surface area contributed by atoms with Crippen molar-refractivity contribution in [2.75, 3.05) is 11.9 Å². The molecule has 3 aliphatic rings. The number of rotatable bonds is 4. The third-order valence-corrected chi connectivity index (χ3v) is 6.77. The van der Waals surface area contributed by atoms with Crippen molar-refractivity contribution in [1.82, 2.24) is 0 Å². The van der Waals surface area contributed by atoms with Gasteiger partial charge in [0.15, 0.2) is 0 Å². The number of carbonyl (C=O) groups excluding carboxylic acids is 2. The van der Waals surface area contributed by atoms with E-state index in [0.717, 1.165) is 22.3 Å². The van der Waals surface area contributed by atoms with Crippen molar-refractivity contribution in [2.45, 2.75) is 45.1 Å². The second kappa shape index (κ2) is 5.91. The lowest BCUT2D eigenvalue weighted by Gasteiger charge is -2.20. The van der Waals surface area contributed by atoms with Gasteiger partial charge in [-0.2, -0.15) is 0 Å². The lowest BCUT2D eigenvalue weighted by molar-refractivity contribution is -0.117. The standard InChI is InChI=1S/C17H22N2O3S/c18-16(21)15-12-3-4-22-8-13(12)23-17(15)19-14(20)7-11-6-9-1-2-10(11)5-9/h9-11H,1-8H2,(H2,18,21)(H,19,20). The topological polar surface area (TPSA) is 81.4 Å². The minimum atomic E-state index is -0.459. The van der Waals surface area contributed by atoms with Crippen molar-refractivity contribution >= 4 is 28.2 Å². The van der Waals surface area contributed by atoms with Gasteiger partial charge in [-0.25, -0.2) is 0 Å². The van der Waals surface area contributed by atoms with Gasteiger partial charge >= 0.3 is 0 Å². The first-order chi connectivity index (χ1) is 11.1. The number of amides is 2. The van der Waals surface area contributed by atoms with E-state index in [-0.39, 0.29) is 5.91 Å². The fraction of sp³-hybridized carbons (Fsp3) is 0.647. The van der Waals surface area contributed by atoms with E-state index < -0.39 is 5.91 Å². The zero-order valence-electron chi connectivity index (χ0n) is 13.1. The second-order valence-electron chi connectivity index (χ2n) is 7.06. The molecule has 1 aliphatic heterocycles. The number of thiophene rings is 1. The van der Waals surface area contributed by atoms with Crippen LogP contribution in [-0.2, 0) is 22.6 Å². The highest BCUT2D eigenvalue weighted by Crippen LogP contribution is 2.49. The van der Waals surface area contributed by atoms with Crippen LogP contribution in [-0.4, -0.2) is 18.4 Å². The van der Waals surface area contributed by atoms with Crippen molar-refractivity contribution in [3.05, 3.63) is 16.0 Å². The van der Waals surface area contributed by atoms with E-state index in [0.29, 0.717) is 42.5 Å². The summed E-state index contributed by atoms with van der Waals surface area (Å²) < 4.78 is 5.44. The van der Waals surface area contributed by atoms with Gasteiger partial charge in [-0.15, -0.1) is 11.3 Å². The molecule has 4 rings (SSSR count). The number of primary amides is 1. The maximum absolute atomic E-state index is 12.4. The Morgan fingerprint density at radius 2 is 2.17 bits per heavy atom. The predicted molar refractivity (Wildman–Crippen MR) is 88.4 cm³/mol. The van der Waals surface area contributed by atoms with E-state index >= 15 is 0 Å². The third kappa shape index (κ3) is 2.78. The highest BCUT2D eigenvalue weighted by atomic mass is 32.1. The Hall–Kier alpha value is -1.40. The molecule has 2 aliphatic carbocycles. The van der Waals surface area contributed by atoms with Gasteiger partial charge in [-0.1, -0.05) is 6.42 Å². The smallest absolute Gasteiger partial charge is 0.251 e. The molecule has 0 aromatic carbocycles. The van der Waals surface area contributed by atoms with Crippen LogP contribution in [0.2, 0.25) is 0 Å². The van der Waals surface area contributed by atoms with Crippen molar-refractivity contribution in [1.29, 1.82) is 0 Å². The van der Waals surface area contributed by atoms with Gasteiger partial charge in [0.2, 0.25) is 5.91 Å². The quantitative estimate of drug-likeness (QED) is 0.888. The van der Waals surface area contributed by atoms with Gasteiger partial charge in [-0.3, -0.25) is 9.59 Å². The molecule has 2 saturated carbocycles. The Morgan fingerprint density at radius 1 is 1.30 bits per heavy atom. The minimum absolute atomic E-state index is 0.0181. The van der Waals surface area contributed by atoms with E-state index in [1.165, 1.54) is 37.0 Å². The fourth-order valence-electron chi connectivity index (χ4n) is 4.62. The van der Waals surface area contributed by atoms with Crippen molar-refractivity contribution < 1.29 is 14.3 Å². The number of anilines is 1. The Balaban J connectivity index is 1.48. The monoisotopic (exact) mass is 334 g/mol. The number of nitrogens with two attached hydrogens (primary N) is 1. The van der Waals surface area contributed by atoms with Crippen LogP contribution in [0.15, 0.2) is 0 Å². The molecule has 0 spiro atoms. The molecule has 3 atom stereocenters. The number of hydrogen-bond donors (Lipinski definition) is 2. The van der Waals surface area contributed by atoms with Gasteiger partial charge in [0, 0.05) is 11.3 Å². The zero-order valence-corrected chi connectivity index (χ0v) is 13.9. The fourth-order valence-corrected chi connectivity index (χ4v) is 5.83. The zero-order chi connectivity index (χ0) is 16.0. The highest BCUT2D eigenvalue weighted by Gasteiger charge is 2.40. The SMILES string of the molecule is NC(=O)c1c(NC(=O)CC2CC3CCC2C3)sc2c1CCOC2. The van der Waals surface area contributed by atoms with Crippen molar-refractivity contribution in [3.8, 4) is 0 Å². The normalized spacial score (nSPS) is 28.6. The molecule has 1 aromatic rings. The van der Waals surface area contributed by atoms with Crippen LogP contribution in [0.4, 0.5) is 5.00 Å². The van der Waals surface area contributed by atoms with Crippen LogP contribution in [0.3, 0.4) is 0 Å². The molecule has 5 nitrogen and oxygen atoms in total. The van der Waals surface area contributed by atoms with E-state index in [1.807, 2.05) is 0 Å². The van der Waals surface area contributed by atoms with Crippen LogP contribution < -0.4 is 11.1 Å². The Labute approximate surface area is 139 Å². The third-order valence-electron chi connectivity index (χ3n) is 5.65. The minimum Gasteiger partial charge on any atom is -0.376 e.